The molecule has 0 radical (unpaired) electrons. The van der Waals surface area contributed by atoms with Crippen LogP contribution < -0.4 is 10.6 Å². The topological polar surface area (TPSA) is 41.6 Å². The van der Waals surface area contributed by atoms with E-state index in [0.717, 1.165) is 23.5 Å². The number of hydrogen-bond acceptors (Lipinski definition) is 3. The van der Waals surface area contributed by atoms with Crippen molar-refractivity contribution in [3.63, 3.8) is 0 Å². The lowest BCUT2D eigenvalue weighted by molar-refractivity contribution is 1.09. The summed E-state index contributed by atoms with van der Waals surface area (Å²) in [5.41, 5.74) is 10.2. The van der Waals surface area contributed by atoms with Crippen LogP contribution in [0.25, 0.3) is 0 Å². The molecule has 1 heterocycles. The summed E-state index contributed by atoms with van der Waals surface area (Å²) in [7, 11) is 3.99. The molecule has 0 atom stereocenters. The number of nitrogens with two attached hydrogens (primary N) is 1. The van der Waals surface area contributed by atoms with Gasteiger partial charge in [-0.05, 0) is 23.3 Å². The highest BCUT2D eigenvalue weighted by molar-refractivity contribution is 5.88. The van der Waals surface area contributed by atoms with Crippen LogP contribution in [0.15, 0.2) is 17.1 Å². The summed E-state index contributed by atoms with van der Waals surface area (Å²) in [6, 6.07) is 4.10. The molecule has 1 aliphatic heterocycles. The van der Waals surface area contributed by atoms with Gasteiger partial charge in [0.25, 0.3) is 0 Å². The van der Waals surface area contributed by atoms with E-state index in [0.29, 0.717) is 0 Å². The van der Waals surface area contributed by atoms with E-state index in [1.54, 1.807) is 0 Å². The van der Waals surface area contributed by atoms with E-state index in [2.05, 4.69) is 11.1 Å². The normalized spacial score (nSPS) is 13.1. The summed E-state index contributed by atoms with van der Waals surface area (Å²) < 4.78 is 0. The Morgan fingerprint density at radius 3 is 2.85 bits per heavy atom. The molecule has 1 aromatic rings. The second-order valence-electron chi connectivity index (χ2n) is 3.47. The second-order valence-corrected chi connectivity index (χ2v) is 3.47. The summed E-state index contributed by atoms with van der Waals surface area (Å²) in [5.74, 6) is 0. The Labute approximate surface area is 77.9 Å². The van der Waals surface area contributed by atoms with Crippen LogP contribution in [0.1, 0.15) is 11.1 Å². The smallest absolute Gasteiger partial charge is 0.0647 e. The molecule has 0 unspecified atom stereocenters. The number of rotatable bonds is 1. The van der Waals surface area contributed by atoms with Gasteiger partial charge in [0.1, 0.15) is 0 Å². The van der Waals surface area contributed by atoms with Crippen LogP contribution >= 0.6 is 0 Å². The highest BCUT2D eigenvalue weighted by atomic mass is 15.1. The Morgan fingerprint density at radius 1 is 1.38 bits per heavy atom. The van der Waals surface area contributed by atoms with E-state index in [-0.39, 0.29) is 0 Å². The molecule has 0 fully saturated rings. The van der Waals surface area contributed by atoms with Crippen LogP contribution in [-0.2, 0) is 6.54 Å². The van der Waals surface area contributed by atoms with Gasteiger partial charge in [0.15, 0.2) is 0 Å². The van der Waals surface area contributed by atoms with E-state index in [4.69, 9.17) is 5.73 Å². The van der Waals surface area contributed by atoms with Gasteiger partial charge in [-0.25, -0.2) is 0 Å². The van der Waals surface area contributed by atoms with Crippen LogP contribution in [0, 0.1) is 0 Å². The minimum Gasteiger partial charge on any atom is -0.397 e. The molecule has 0 aliphatic carbocycles. The van der Waals surface area contributed by atoms with Crippen LogP contribution in [0.2, 0.25) is 0 Å². The van der Waals surface area contributed by atoms with E-state index >= 15 is 0 Å². The molecule has 3 nitrogen and oxygen atoms in total. The van der Waals surface area contributed by atoms with Crippen LogP contribution in [0.5, 0.6) is 0 Å². The third-order valence-electron chi connectivity index (χ3n) is 2.26. The first-order chi connectivity index (χ1) is 6.18. The predicted octanol–water partition coefficient (Wildman–Crippen LogP) is 1.27. The van der Waals surface area contributed by atoms with Crippen molar-refractivity contribution in [1.29, 1.82) is 0 Å². The molecule has 13 heavy (non-hydrogen) atoms. The largest absolute Gasteiger partial charge is 0.397 e. The van der Waals surface area contributed by atoms with Gasteiger partial charge in [-0.15, -0.1) is 0 Å². The Morgan fingerprint density at radius 2 is 2.15 bits per heavy atom. The third-order valence-corrected chi connectivity index (χ3v) is 2.26. The maximum Gasteiger partial charge on any atom is 0.0647 e. The Hall–Kier alpha value is -1.51. The van der Waals surface area contributed by atoms with Crippen molar-refractivity contribution in [1.82, 2.24) is 0 Å². The Bertz CT molecular complexity index is 367. The molecule has 2 N–H and O–H groups in total. The molecule has 68 valence electrons. The van der Waals surface area contributed by atoms with Gasteiger partial charge in [-0.3, -0.25) is 4.99 Å². The number of fused-ring (bicyclic) bond motifs is 1. The van der Waals surface area contributed by atoms with Crippen molar-refractivity contribution >= 4 is 17.6 Å². The molecule has 3 heteroatoms. The summed E-state index contributed by atoms with van der Waals surface area (Å²) in [4.78, 5) is 6.22. The van der Waals surface area contributed by atoms with Gasteiger partial charge < -0.3 is 10.6 Å². The summed E-state index contributed by atoms with van der Waals surface area (Å²) >= 11 is 0. The first kappa shape index (κ1) is 8.10. The zero-order valence-corrected chi connectivity index (χ0v) is 7.91. The molecule has 2 rings (SSSR count). The molecule has 1 aliphatic rings. The molecule has 0 bridgehead atoms. The second kappa shape index (κ2) is 2.76. The fourth-order valence-corrected chi connectivity index (χ4v) is 1.55. The summed E-state index contributed by atoms with van der Waals surface area (Å²) in [6.45, 7) is 0.788. The standard InChI is InChI=1S/C10H13N3/c1-13(2)10-4-8-6-12-5-7(8)3-9(10)11/h3-5H,6,11H2,1-2H3. The van der Waals surface area contributed by atoms with E-state index in [9.17, 15) is 0 Å². The minimum atomic E-state index is 0.788. The van der Waals surface area contributed by atoms with Crippen molar-refractivity contribution < 1.29 is 0 Å². The van der Waals surface area contributed by atoms with Crippen LogP contribution in [0.4, 0.5) is 11.4 Å². The van der Waals surface area contributed by atoms with E-state index in [1.165, 1.54) is 5.56 Å². The predicted molar refractivity (Wildman–Crippen MR) is 56.5 cm³/mol. The van der Waals surface area contributed by atoms with Crippen LogP contribution in [0.3, 0.4) is 0 Å². The van der Waals surface area contributed by atoms with Gasteiger partial charge in [0, 0.05) is 20.3 Å². The fourth-order valence-electron chi connectivity index (χ4n) is 1.55. The van der Waals surface area contributed by atoms with E-state index in [1.807, 2.05) is 31.3 Å². The molecule has 0 saturated heterocycles. The Kier molecular flexibility index (Phi) is 1.72. The number of nitrogens with zero attached hydrogens (tertiary/aromatic N) is 2. The first-order valence-electron chi connectivity index (χ1n) is 4.28. The summed E-state index contributed by atoms with van der Waals surface area (Å²) in [5, 5.41) is 0. The number of nitrogen functional groups attached to an aromatic ring is 1. The summed E-state index contributed by atoms with van der Waals surface area (Å²) in [6.07, 6.45) is 1.88. The zero-order chi connectivity index (χ0) is 9.42. The van der Waals surface area contributed by atoms with Gasteiger partial charge in [0.2, 0.25) is 0 Å². The lowest BCUT2D eigenvalue weighted by atomic mass is 10.1. The van der Waals surface area contributed by atoms with Crippen molar-refractivity contribution in [3.8, 4) is 0 Å². The molecule has 0 aromatic heterocycles. The molecular formula is C10H13N3. The maximum atomic E-state index is 5.89. The molecular weight excluding hydrogens is 162 g/mol. The molecule has 0 spiro atoms. The van der Waals surface area contributed by atoms with Gasteiger partial charge >= 0.3 is 0 Å². The monoisotopic (exact) mass is 175 g/mol. The van der Waals surface area contributed by atoms with Gasteiger partial charge in [-0.2, -0.15) is 0 Å². The minimum absolute atomic E-state index is 0.788. The lowest BCUT2D eigenvalue weighted by Crippen LogP contribution is -2.11. The van der Waals surface area contributed by atoms with Gasteiger partial charge in [-0.1, -0.05) is 0 Å². The molecule has 0 saturated carbocycles. The fraction of sp³-hybridized carbons (Fsp3) is 0.300. The van der Waals surface area contributed by atoms with Crippen molar-refractivity contribution in [2.24, 2.45) is 4.99 Å². The average molecular weight is 175 g/mol. The zero-order valence-electron chi connectivity index (χ0n) is 7.91. The average Bonchev–Trinajstić information content (AvgIpc) is 2.48. The number of aliphatic imine (C=N–C) groups is 1. The maximum absolute atomic E-state index is 5.89. The SMILES string of the molecule is CN(C)c1cc2c(cc1N)C=NC2. The lowest BCUT2D eigenvalue weighted by Gasteiger charge is -2.16. The number of hydrogen-bond donors (Lipinski definition) is 1. The Balaban J connectivity index is 2.53. The first-order valence-corrected chi connectivity index (χ1v) is 4.28. The quantitative estimate of drug-likeness (QED) is 0.653. The highest BCUT2D eigenvalue weighted by Crippen LogP contribution is 2.27. The van der Waals surface area contributed by atoms with Crippen molar-refractivity contribution in [2.75, 3.05) is 24.7 Å². The van der Waals surface area contributed by atoms with E-state index < -0.39 is 0 Å². The number of anilines is 2. The van der Waals surface area contributed by atoms with Gasteiger partial charge in [0.05, 0.1) is 17.9 Å². The number of benzene rings is 1. The van der Waals surface area contributed by atoms with Crippen molar-refractivity contribution in [2.45, 2.75) is 6.54 Å². The molecule has 1 aromatic carbocycles. The van der Waals surface area contributed by atoms with Crippen LogP contribution in [-0.4, -0.2) is 20.3 Å². The molecule has 0 amide bonds. The van der Waals surface area contributed by atoms with Crippen molar-refractivity contribution in [3.05, 3.63) is 23.3 Å². The highest BCUT2D eigenvalue weighted by Gasteiger charge is 2.10. The third kappa shape index (κ3) is 1.26.